The molecule has 30 rings (SSSR count). The fourth-order valence-corrected chi connectivity index (χ4v) is 24.3. The van der Waals surface area contributed by atoms with E-state index in [1.807, 2.05) is 34.8 Å². The molecule has 0 saturated heterocycles. The van der Waals surface area contributed by atoms with E-state index in [1.54, 1.807) is 0 Å². The van der Waals surface area contributed by atoms with Crippen molar-refractivity contribution in [3.8, 4) is 79.0 Å². The van der Waals surface area contributed by atoms with E-state index in [9.17, 15) is 0 Å². The van der Waals surface area contributed by atoms with Crippen molar-refractivity contribution in [1.82, 2.24) is 37.4 Å². The van der Waals surface area contributed by atoms with E-state index in [4.69, 9.17) is 9.97 Å². The lowest BCUT2D eigenvalue weighted by molar-refractivity contribution is 1.01. The number of hydrogen-bond donors (Lipinski definition) is 0. The Morgan fingerprint density at radius 1 is 0.152 bits per heavy atom. The van der Waals surface area contributed by atoms with E-state index in [2.05, 4.69) is 501 Å². The van der Waals surface area contributed by atoms with E-state index in [1.165, 1.54) is 216 Å². The Morgan fingerprint density at radius 2 is 0.442 bits per heavy atom. The van der Waals surface area contributed by atoms with Gasteiger partial charge in [0.1, 0.15) is 0 Å². The molecule has 9 heterocycles. The highest BCUT2D eigenvalue weighted by Crippen LogP contribution is 2.48. The minimum atomic E-state index is 0.668. The lowest BCUT2D eigenvalue weighted by Gasteiger charge is -2.12. The molecule has 0 atom stereocenters. The molecule has 0 amide bonds. The van der Waals surface area contributed by atoms with Gasteiger partial charge in [-0.2, -0.15) is 0 Å². The molecule has 0 aliphatic rings. The molecule has 21 aromatic carbocycles. The van der Waals surface area contributed by atoms with Crippen LogP contribution in [0.25, 0.3) is 261 Å². The molecule has 0 unspecified atom stereocenters. The van der Waals surface area contributed by atoms with E-state index in [-0.39, 0.29) is 0 Å². The minimum absolute atomic E-state index is 0.668. The quantitative estimate of drug-likeness (QED) is 0.137. The third-order valence-electron chi connectivity index (χ3n) is 28.2. The molecule has 30 aromatic rings. The second kappa shape index (κ2) is 32.0. The van der Waals surface area contributed by atoms with Crippen molar-refractivity contribution < 1.29 is 0 Å². The summed E-state index contributed by atoms with van der Waals surface area (Å²) in [5, 5.41) is 21.3. The number of aromatic nitrogens is 8. The fourth-order valence-electron chi connectivity index (χ4n) is 22.0. The third-order valence-corrected chi connectivity index (χ3v) is 30.5. The zero-order valence-electron chi connectivity index (χ0n) is 74.6. The molecule has 9 aromatic heterocycles. The molecule has 0 spiro atoms. The summed E-state index contributed by atoms with van der Waals surface area (Å²) in [6, 6.07) is 176. The molecule has 0 N–H and O–H groups in total. The number of benzene rings is 21. The Balaban J connectivity index is 0.000000102. The highest BCUT2D eigenvalue weighted by atomic mass is 32.1. The molecule has 644 valence electrons. The van der Waals surface area contributed by atoms with Gasteiger partial charge < -0.3 is 22.8 Å². The van der Waals surface area contributed by atoms with Gasteiger partial charge in [-0.05, 0) is 221 Å². The van der Waals surface area contributed by atoms with Crippen LogP contribution in [0.3, 0.4) is 0 Å². The highest BCUT2D eigenvalue weighted by molar-refractivity contribution is 7.26. The molecule has 0 aliphatic heterocycles. The minimum Gasteiger partial charge on any atom is -0.309 e. The fraction of sp³-hybridized carbons (Fsp3) is 0. The van der Waals surface area contributed by atoms with Crippen LogP contribution in [0.4, 0.5) is 0 Å². The van der Waals surface area contributed by atoms with Crippen LogP contribution in [0.5, 0.6) is 0 Å². The first kappa shape index (κ1) is 78.8. The zero-order chi connectivity index (χ0) is 90.6. The lowest BCUT2D eigenvalue weighted by Crippen LogP contribution is -2.03. The summed E-state index contributed by atoms with van der Waals surface area (Å²) < 4.78 is 19.5. The Kier molecular flexibility index (Phi) is 18.3. The molecule has 0 aliphatic carbocycles. The Morgan fingerprint density at radius 3 is 0.855 bits per heavy atom. The van der Waals surface area contributed by atoms with Gasteiger partial charge in [0.25, 0.3) is 0 Å². The van der Waals surface area contributed by atoms with Crippen molar-refractivity contribution in [2.75, 3.05) is 0 Å². The molecule has 8 nitrogen and oxygen atoms in total. The van der Waals surface area contributed by atoms with Gasteiger partial charge in [-0.1, -0.05) is 297 Å². The van der Waals surface area contributed by atoms with Gasteiger partial charge in [0.15, 0.2) is 0 Å². The van der Waals surface area contributed by atoms with Gasteiger partial charge in [0, 0.05) is 134 Å². The summed E-state index contributed by atoms with van der Waals surface area (Å²) in [4.78, 5) is 10.4. The topological polar surface area (TPSA) is 55.4 Å². The number of hydrogen-bond acceptors (Lipinski definition) is 4. The second-order valence-electron chi connectivity index (χ2n) is 35.8. The normalized spacial score (nSPS) is 11.9. The largest absolute Gasteiger partial charge is 0.309 e. The number of rotatable bonds is 10. The van der Waals surface area contributed by atoms with Crippen molar-refractivity contribution in [3.63, 3.8) is 0 Å². The molecule has 138 heavy (non-hydrogen) atoms. The summed E-state index contributed by atoms with van der Waals surface area (Å²) in [6.07, 6.45) is 0. The SMILES string of the molecule is c1ccc(-c2nc(-n3c4ccccc4c4cc(-c5ccc6c(c5)c5ccccc5n6-c5ccccc5)ccc43)nc3ccccc23)cc1.c1ccc(-n2c3ccccc3c3cc(-c4ccc5c(c4)c4ccccc4n5-c4ccc5sc6ccccc6c5c4)ccc32)cc1.c1ccc(-n2c3ccccc3c3cc(-c4ccc5c(c4)c4ccccc4n5-c4cccc5c4sc4ccccc45)ccc32)cc1. The van der Waals surface area contributed by atoms with Crippen molar-refractivity contribution in [2.24, 2.45) is 0 Å². The summed E-state index contributed by atoms with van der Waals surface area (Å²) in [5.41, 5.74) is 30.5. The molecule has 10 heteroatoms. The van der Waals surface area contributed by atoms with Crippen molar-refractivity contribution in [3.05, 3.63) is 485 Å². The van der Waals surface area contributed by atoms with Crippen molar-refractivity contribution >= 4 is 205 Å². The van der Waals surface area contributed by atoms with Gasteiger partial charge in [0.05, 0.1) is 87.8 Å². The maximum Gasteiger partial charge on any atom is 0.235 e. The van der Waals surface area contributed by atoms with Gasteiger partial charge in [-0.15, -0.1) is 22.7 Å². The maximum absolute atomic E-state index is 5.23. The third kappa shape index (κ3) is 12.7. The lowest BCUT2D eigenvalue weighted by atomic mass is 10.0. The number of fused-ring (bicyclic) bond motifs is 25. The van der Waals surface area contributed by atoms with Crippen LogP contribution in [0.1, 0.15) is 0 Å². The number of thiophene rings is 2. The standard InChI is InChI=1S/C44H28N4.2C42H26N2S/c1-3-13-29(14-4-1)43-35-19-7-10-20-38(35)45-44(46-43)48-40-22-12-9-18-34(40)37-28-31(24-26-42(37)48)30-23-25-41-36(27-30)33-17-8-11-21-39(33)47(41)32-15-5-2-6-16-32;1-2-11-29(12-3-1)43-36-17-7-4-13-30(36)34-25-27(21-23-38(34)43)28-22-24-39-35(26-28)31-14-5-8-18-37(31)44(39)40-19-10-16-33-32-15-6-9-20-41(32)45-42(33)40;1-2-10-29(11-3-1)43-37-15-7-4-12-31(37)34-24-27(18-21-39(34)43)28-19-22-40-35(25-28)32-13-5-8-16-38(32)44(40)30-20-23-42-36(26-30)33-14-6-9-17-41(33)45-42/h1-28H;2*1-26H. The van der Waals surface area contributed by atoms with Gasteiger partial charge in [-0.3, -0.25) is 4.57 Å². The van der Waals surface area contributed by atoms with Crippen LogP contribution < -0.4 is 0 Å². The first-order valence-corrected chi connectivity index (χ1v) is 48.6. The average molecular weight is 1790 g/mol. The van der Waals surface area contributed by atoms with Gasteiger partial charge in [0.2, 0.25) is 5.95 Å². The highest BCUT2D eigenvalue weighted by Gasteiger charge is 2.25. The van der Waals surface area contributed by atoms with E-state index < -0.39 is 0 Å². The summed E-state index contributed by atoms with van der Waals surface area (Å²) in [6.45, 7) is 0. The number of nitrogens with zero attached hydrogens (tertiary/aromatic N) is 8. The first-order valence-electron chi connectivity index (χ1n) is 47.0. The molecule has 0 saturated carbocycles. The van der Waals surface area contributed by atoms with Crippen molar-refractivity contribution in [1.29, 1.82) is 0 Å². The maximum atomic E-state index is 5.23. The van der Waals surface area contributed by atoms with Gasteiger partial charge >= 0.3 is 0 Å². The smallest absolute Gasteiger partial charge is 0.235 e. The predicted octanol–water partition coefficient (Wildman–Crippen LogP) is 35.0. The monoisotopic (exact) mass is 1790 g/mol. The van der Waals surface area contributed by atoms with E-state index in [0.29, 0.717) is 5.95 Å². The zero-order valence-corrected chi connectivity index (χ0v) is 76.2. The Hall–Kier alpha value is -17.8. The van der Waals surface area contributed by atoms with Crippen molar-refractivity contribution in [2.45, 2.75) is 0 Å². The molecule has 0 bridgehead atoms. The van der Waals surface area contributed by atoms with E-state index >= 15 is 0 Å². The van der Waals surface area contributed by atoms with E-state index in [0.717, 1.165) is 38.9 Å². The van der Waals surface area contributed by atoms with Gasteiger partial charge in [-0.25, -0.2) is 9.97 Å². The Labute approximate surface area is 800 Å². The molecule has 0 radical (unpaired) electrons. The first-order chi connectivity index (χ1) is 68.5. The second-order valence-corrected chi connectivity index (χ2v) is 37.9. The summed E-state index contributed by atoms with van der Waals surface area (Å²) >= 11 is 3.75. The molecular formula is C128H80N8S2. The van der Waals surface area contributed by atoms with Crippen LogP contribution in [0, 0.1) is 0 Å². The summed E-state index contributed by atoms with van der Waals surface area (Å²) in [7, 11) is 0. The van der Waals surface area contributed by atoms with Crippen LogP contribution in [-0.4, -0.2) is 37.4 Å². The average Bonchev–Trinajstić information content (AvgIpc) is 1.59. The van der Waals surface area contributed by atoms with Crippen LogP contribution in [0.15, 0.2) is 485 Å². The van der Waals surface area contributed by atoms with Crippen LogP contribution in [0.2, 0.25) is 0 Å². The summed E-state index contributed by atoms with van der Waals surface area (Å²) in [5.74, 6) is 0.668. The van der Waals surface area contributed by atoms with Crippen LogP contribution in [-0.2, 0) is 0 Å². The van der Waals surface area contributed by atoms with Crippen LogP contribution >= 0.6 is 22.7 Å². The Bertz CT molecular complexity index is 10200. The molecular weight excluding hydrogens is 1710 g/mol. The molecule has 0 fully saturated rings. The predicted molar refractivity (Wildman–Crippen MR) is 586 cm³/mol. The number of para-hydroxylation sites is 10.